The summed E-state index contributed by atoms with van der Waals surface area (Å²) in [5.74, 6) is 0.371. The maximum Gasteiger partial charge on any atom is 0.269 e. The van der Waals surface area contributed by atoms with Gasteiger partial charge in [-0.25, -0.2) is 4.39 Å². The summed E-state index contributed by atoms with van der Waals surface area (Å²) in [4.78, 5) is 39.7. The van der Waals surface area contributed by atoms with Crippen LogP contribution in [0.25, 0.3) is 26.5 Å². The van der Waals surface area contributed by atoms with Gasteiger partial charge in [0.25, 0.3) is 5.56 Å². The molecule has 0 amide bonds. The van der Waals surface area contributed by atoms with Crippen LogP contribution in [0.2, 0.25) is 5.02 Å². The van der Waals surface area contributed by atoms with E-state index in [-0.39, 0.29) is 36.7 Å². The first-order chi connectivity index (χ1) is 24.4. The molecular formula is C38H33Cl2FN4O5S. The van der Waals surface area contributed by atoms with Crippen LogP contribution in [0.15, 0.2) is 96.2 Å². The fourth-order valence-corrected chi connectivity index (χ4v) is 7.06. The standard InChI is InChI=1S/C38H32ClFN4O5S.ClH/c1-2-48-33-12-14-44(27-7-5-26(40)6-8-27)38(46)36(33)32(45)19-25-4-9-28(20-29(25)39)49-34-11-13-41-31-21-35(50-37(31)34)30-10-3-24(22-42-30)23-43-15-17-47-18-16-43;/h3-14,20-22H,2,15-19,23H2,1H3;1H. The molecule has 1 fully saturated rings. The maximum atomic E-state index is 13.6. The van der Waals surface area contributed by atoms with E-state index in [0.29, 0.717) is 27.8 Å². The van der Waals surface area contributed by atoms with Crippen molar-refractivity contribution in [3.8, 4) is 33.5 Å². The highest BCUT2D eigenvalue weighted by molar-refractivity contribution is 7.22. The first kappa shape index (κ1) is 36.2. The van der Waals surface area contributed by atoms with Crippen molar-refractivity contribution in [2.45, 2.75) is 19.9 Å². The number of aromatic nitrogens is 3. The number of ketones is 1. The number of rotatable bonds is 11. The summed E-state index contributed by atoms with van der Waals surface area (Å²) in [6.45, 7) is 6.23. The number of hydrogen-bond donors (Lipinski definition) is 0. The van der Waals surface area contributed by atoms with Crippen molar-refractivity contribution < 1.29 is 23.4 Å². The van der Waals surface area contributed by atoms with Gasteiger partial charge in [0.1, 0.15) is 28.6 Å². The van der Waals surface area contributed by atoms with Gasteiger partial charge in [0, 0.05) is 61.4 Å². The zero-order valence-corrected chi connectivity index (χ0v) is 29.9. The average Bonchev–Trinajstić information content (AvgIpc) is 3.57. The van der Waals surface area contributed by atoms with Crippen molar-refractivity contribution in [1.29, 1.82) is 0 Å². The van der Waals surface area contributed by atoms with Gasteiger partial charge in [-0.1, -0.05) is 23.7 Å². The van der Waals surface area contributed by atoms with Gasteiger partial charge in [-0.2, -0.15) is 0 Å². The minimum absolute atomic E-state index is 0. The average molecular weight is 748 g/mol. The van der Waals surface area contributed by atoms with E-state index in [2.05, 4.69) is 16.0 Å². The number of fused-ring (bicyclic) bond motifs is 1. The largest absolute Gasteiger partial charge is 0.493 e. The Morgan fingerprint density at radius 3 is 2.53 bits per heavy atom. The predicted octanol–water partition coefficient (Wildman–Crippen LogP) is 8.17. The van der Waals surface area contributed by atoms with Crippen LogP contribution in [0.1, 0.15) is 28.4 Å². The third-order valence-corrected chi connectivity index (χ3v) is 9.82. The number of carbonyl (C=O) groups is 1. The van der Waals surface area contributed by atoms with E-state index in [4.69, 9.17) is 30.8 Å². The number of ether oxygens (including phenoxy) is 3. The molecule has 0 atom stereocenters. The van der Waals surface area contributed by atoms with Gasteiger partial charge in [0.2, 0.25) is 0 Å². The van der Waals surface area contributed by atoms with Crippen LogP contribution in [0.4, 0.5) is 4.39 Å². The van der Waals surface area contributed by atoms with Crippen molar-refractivity contribution in [2.24, 2.45) is 0 Å². The summed E-state index contributed by atoms with van der Waals surface area (Å²) in [7, 11) is 0. The van der Waals surface area contributed by atoms with Crippen LogP contribution < -0.4 is 15.0 Å². The molecular weight excluding hydrogens is 714 g/mol. The van der Waals surface area contributed by atoms with E-state index in [1.54, 1.807) is 54.8 Å². The summed E-state index contributed by atoms with van der Waals surface area (Å²) < 4.78 is 33.0. The fraction of sp³-hybridized carbons (Fsp3) is 0.211. The van der Waals surface area contributed by atoms with Crippen molar-refractivity contribution in [2.75, 3.05) is 32.9 Å². The number of halogens is 3. The third kappa shape index (κ3) is 8.14. The molecule has 0 radical (unpaired) electrons. The summed E-state index contributed by atoms with van der Waals surface area (Å²) in [5.41, 5.74) is 3.06. The molecule has 5 heterocycles. The zero-order chi connectivity index (χ0) is 34.6. The van der Waals surface area contributed by atoms with E-state index in [1.807, 2.05) is 18.3 Å². The Kier molecular flexibility index (Phi) is 11.4. The van der Waals surface area contributed by atoms with Gasteiger partial charge in [0.05, 0.1) is 40.6 Å². The van der Waals surface area contributed by atoms with Gasteiger partial charge in [-0.05, 0) is 72.6 Å². The SMILES string of the molecule is CCOc1ccn(-c2ccc(F)cc2)c(=O)c1C(=O)Cc1ccc(Oc2ccnc3cc(-c4ccc(CN5CCOCC5)cn4)sc23)cc1Cl.Cl. The van der Waals surface area contributed by atoms with Crippen LogP contribution in [0, 0.1) is 5.82 Å². The van der Waals surface area contributed by atoms with E-state index < -0.39 is 17.2 Å². The third-order valence-electron chi connectivity index (χ3n) is 8.30. The highest BCUT2D eigenvalue weighted by Crippen LogP contribution is 2.39. The summed E-state index contributed by atoms with van der Waals surface area (Å²) in [5, 5.41) is 0.308. The summed E-state index contributed by atoms with van der Waals surface area (Å²) in [6, 6.07) is 20.0. The van der Waals surface area contributed by atoms with Gasteiger partial charge < -0.3 is 14.2 Å². The number of hydrogen-bond acceptors (Lipinski definition) is 9. The van der Waals surface area contributed by atoms with E-state index in [9.17, 15) is 14.0 Å². The first-order valence-corrected chi connectivity index (χ1v) is 17.3. The smallest absolute Gasteiger partial charge is 0.269 e. The normalized spacial score (nSPS) is 13.2. The Hall–Kier alpha value is -4.65. The number of nitrogens with zero attached hydrogens (tertiary/aromatic N) is 4. The molecule has 1 aliphatic rings. The zero-order valence-electron chi connectivity index (χ0n) is 27.5. The van der Waals surface area contributed by atoms with Crippen molar-refractivity contribution >= 4 is 51.3 Å². The molecule has 51 heavy (non-hydrogen) atoms. The van der Waals surface area contributed by atoms with Crippen LogP contribution >= 0.6 is 35.3 Å². The molecule has 0 unspecified atom stereocenters. The van der Waals surface area contributed by atoms with Crippen LogP contribution in [0.5, 0.6) is 17.2 Å². The molecule has 0 aliphatic carbocycles. The highest BCUT2D eigenvalue weighted by atomic mass is 35.5. The Morgan fingerprint density at radius 1 is 1.00 bits per heavy atom. The Balaban J connectivity index is 0.00000448. The Bertz CT molecular complexity index is 2220. The van der Waals surface area contributed by atoms with Crippen LogP contribution in [-0.2, 0) is 17.7 Å². The highest BCUT2D eigenvalue weighted by Gasteiger charge is 2.22. The molecule has 262 valence electrons. The minimum Gasteiger partial charge on any atom is -0.493 e. The van der Waals surface area contributed by atoms with E-state index >= 15 is 0 Å². The second-order valence-corrected chi connectivity index (χ2v) is 13.1. The molecule has 0 spiro atoms. The lowest BCUT2D eigenvalue weighted by molar-refractivity contribution is 0.0341. The van der Waals surface area contributed by atoms with Gasteiger partial charge >= 0.3 is 0 Å². The fourth-order valence-electron chi connectivity index (χ4n) is 5.78. The quantitative estimate of drug-likeness (QED) is 0.123. The lowest BCUT2D eigenvalue weighted by Crippen LogP contribution is -2.35. The predicted molar refractivity (Wildman–Crippen MR) is 199 cm³/mol. The Labute approximate surface area is 308 Å². The molecule has 13 heteroatoms. The minimum atomic E-state index is -0.570. The topological polar surface area (TPSA) is 95.8 Å². The van der Waals surface area contributed by atoms with Crippen LogP contribution in [0.3, 0.4) is 0 Å². The second-order valence-electron chi connectivity index (χ2n) is 11.7. The molecule has 6 aromatic rings. The number of morpholine rings is 1. The molecule has 0 N–H and O–H groups in total. The van der Waals surface area contributed by atoms with E-state index in [0.717, 1.165) is 59.2 Å². The first-order valence-electron chi connectivity index (χ1n) is 16.1. The molecule has 1 aliphatic heterocycles. The number of thiophene rings is 1. The van der Waals surface area contributed by atoms with Gasteiger partial charge in [-0.15, -0.1) is 23.7 Å². The molecule has 0 saturated carbocycles. The number of benzene rings is 2. The lowest BCUT2D eigenvalue weighted by Gasteiger charge is -2.26. The maximum absolute atomic E-state index is 13.6. The molecule has 7 rings (SSSR count). The van der Waals surface area contributed by atoms with Crippen LogP contribution in [-0.4, -0.2) is 58.1 Å². The van der Waals surface area contributed by atoms with Gasteiger partial charge in [-0.3, -0.25) is 29.0 Å². The Morgan fingerprint density at radius 2 is 1.80 bits per heavy atom. The molecule has 1 saturated heterocycles. The number of carbonyl (C=O) groups excluding carboxylic acids is 1. The lowest BCUT2D eigenvalue weighted by atomic mass is 10.0. The molecule has 4 aromatic heterocycles. The number of Topliss-reactive ketones (excluding diaryl/α,β-unsaturated/α-hetero) is 1. The summed E-state index contributed by atoms with van der Waals surface area (Å²) >= 11 is 8.22. The number of pyridine rings is 3. The van der Waals surface area contributed by atoms with E-state index in [1.165, 1.54) is 35.0 Å². The van der Waals surface area contributed by atoms with Crippen molar-refractivity contribution in [3.63, 3.8) is 0 Å². The summed E-state index contributed by atoms with van der Waals surface area (Å²) in [6.07, 6.45) is 4.97. The van der Waals surface area contributed by atoms with Crippen molar-refractivity contribution in [3.05, 3.63) is 129 Å². The second kappa shape index (κ2) is 16.1. The molecule has 0 bridgehead atoms. The molecule has 2 aromatic carbocycles. The van der Waals surface area contributed by atoms with Gasteiger partial charge in [0.15, 0.2) is 5.78 Å². The monoisotopic (exact) mass is 746 g/mol. The molecule has 9 nitrogen and oxygen atoms in total. The van der Waals surface area contributed by atoms with Crippen molar-refractivity contribution in [1.82, 2.24) is 19.4 Å².